The normalized spacial score (nSPS) is 26.1. The summed E-state index contributed by atoms with van der Waals surface area (Å²) in [4.78, 5) is 29.6. The van der Waals surface area contributed by atoms with Crippen LogP contribution in [-0.4, -0.2) is 43.5 Å². The van der Waals surface area contributed by atoms with Crippen LogP contribution in [0.2, 0.25) is 5.02 Å². The standard InChI is InChI=1S/C24H26ClN3O4/c1-13-9-16-21(18(25)10-13)27-23(30)24(16)17(11-14-5-4-8-28(14)24)22(29)26-19-12-15(31-2)6-7-20(19)32-3/h6-7,9-10,12,14,17H,4-5,8,11H2,1-3H3,(H,26,29)(H,27,30)/t14-,17+,24-/m0/s1. The number of halogens is 1. The highest BCUT2D eigenvalue weighted by molar-refractivity contribution is 6.35. The Morgan fingerprint density at radius 2 is 2.06 bits per heavy atom. The van der Waals surface area contributed by atoms with Gasteiger partial charge in [-0.3, -0.25) is 14.5 Å². The van der Waals surface area contributed by atoms with Crippen molar-refractivity contribution in [2.45, 2.75) is 37.8 Å². The van der Waals surface area contributed by atoms with Crippen LogP contribution in [0.15, 0.2) is 30.3 Å². The van der Waals surface area contributed by atoms with Gasteiger partial charge in [-0.15, -0.1) is 0 Å². The largest absolute Gasteiger partial charge is 0.497 e. The number of rotatable bonds is 4. The smallest absolute Gasteiger partial charge is 0.250 e. The van der Waals surface area contributed by atoms with Crippen molar-refractivity contribution >= 4 is 34.8 Å². The second-order valence-electron chi connectivity index (χ2n) is 8.72. The van der Waals surface area contributed by atoms with E-state index in [0.717, 1.165) is 30.5 Å². The van der Waals surface area contributed by atoms with E-state index in [2.05, 4.69) is 15.5 Å². The number of hydrogen-bond acceptors (Lipinski definition) is 5. The molecule has 2 saturated heterocycles. The number of carbonyl (C=O) groups is 2. The van der Waals surface area contributed by atoms with Gasteiger partial charge in [0.2, 0.25) is 11.8 Å². The van der Waals surface area contributed by atoms with Crippen LogP contribution in [0.3, 0.4) is 0 Å². The Hall–Kier alpha value is -2.77. The lowest BCUT2D eigenvalue weighted by atomic mass is 9.78. The Kier molecular flexibility index (Phi) is 5.06. The van der Waals surface area contributed by atoms with E-state index >= 15 is 0 Å². The topological polar surface area (TPSA) is 79.9 Å². The molecule has 2 N–H and O–H groups in total. The van der Waals surface area contributed by atoms with Crippen LogP contribution in [0.5, 0.6) is 11.5 Å². The summed E-state index contributed by atoms with van der Waals surface area (Å²) in [7, 11) is 3.12. The van der Waals surface area contributed by atoms with Crippen LogP contribution in [-0.2, 0) is 15.1 Å². The summed E-state index contributed by atoms with van der Waals surface area (Å²) >= 11 is 6.51. The second kappa shape index (κ2) is 7.67. The quantitative estimate of drug-likeness (QED) is 0.730. The van der Waals surface area contributed by atoms with Crippen molar-refractivity contribution in [1.29, 1.82) is 0 Å². The molecule has 0 bridgehead atoms. The number of carbonyl (C=O) groups excluding carboxylic acids is 2. The summed E-state index contributed by atoms with van der Waals surface area (Å²) in [6.45, 7) is 2.73. The lowest BCUT2D eigenvalue weighted by molar-refractivity contribution is -0.135. The first-order valence-electron chi connectivity index (χ1n) is 10.8. The van der Waals surface area contributed by atoms with Gasteiger partial charge in [0.15, 0.2) is 0 Å². The molecule has 3 atom stereocenters. The predicted molar refractivity (Wildman–Crippen MR) is 123 cm³/mol. The van der Waals surface area contributed by atoms with Crippen molar-refractivity contribution in [3.63, 3.8) is 0 Å². The fourth-order valence-electron chi connectivity index (χ4n) is 5.75. The van der Waals surface area contributed by atoms with Crippen molar-refractivity contribution < 1.29 is 19.1 Å². The van der Waals surface area contributed by atoms with Crippen LogP contribution in [0, 0.1) is 12.8 Å². The Labute approximate surface area is 192 Å². The zero-order chi connectivity index (χ0) is 22.6. The van der Waals surface area contributed by atoms with Gasteiger partial charge in [0.05, 0.1) is 36.5 Å². The summed E-state index contributed by atoms with van der Waals surface area (Å²) in [6, 6.07) is 9.25. The molecule has 3 aliphatic heterocycles. The lowest BCUT2D eigenvalue weighted by Crippen LogP contribution is -2.53. The number of amides is 2. The van der Waals surface area contributed by atoms with Crippen molar-refractivity contribution in [2.75, 3.05) is 31.4 Å². The lowest BCUT2D eigenvalue weighted by Gasteiger charge is -2.36. The van der Waals surface area contributed by atoms with Crippen molar-refractivity contribution in [3.05, 3.63) is 46.5 Å². The fraction of sp³-hybridized carbons (Fsp3) is 0.417. The Morgan fingerprint density at radius 1 is 1.25 bits per heavy atom. The SMILES string of the molecule is COc1ccc(OC)c(NC(=O)[C@H]2C[C@@H]3CCCN3[C@]23C(=O)Nc2c(Cl)cc(C)cc23)c1. The molecule has 8 heteroatoms. The van der Waals surface area contributed by atoms with E-state index in [1.54, 1.807) is 32.4 Å². The number of nitrogens with zero attached hydrogens (tertiary/aromatic N) is 1. The molecule has 2 aromatic carbocycles. The minimum absolute atomic E-state index is 0.175. The minimum atomic E-state index is -1.07. The summed E-state index contributed by atoms with van der Waals surface area (Å²) in [5.41, 5.74) is 1.82. The van der Waals surface area contributed by atoms with Gasteiger partial charge in [0.25, 0.3) is 0 Å². The number of fused-ring (bicyclic) bond motifs is 4. The maximum atomic E-state index is 13.8. The molecule has 168 valence electrons. The van der Waals surface area contributed by atoms with Crippen molar-refractivity contribution in [3.8, 4) is 11.5 Å². The van der Waals surface area contributed by atoms with Crippen LogP contribution in [0.4, 0.5) is 11.4 Å². The molecule has 0 aliphatic carbocycles. The van der Waals surface area contributed by atoms with Gasteiger partial charge in [-0.05, 0) is 56.5 Å². The van der Waals surface area contributed by atoms with E-state index in [9.17, 15) is 9.59 Å². The van der Waals surface area contributed by atoms with Gasteiger partial charge < -0.3 is 20.1 Å². The number of ether oxygens (including phenoxy) is 2. The van der Waals surface area contributed by atoms with Crippen LogP contribution in [0.1, 0.15) is 30.4 Å². The van der Waals surface area contributed by atoms with E-state index in [0.29, 0.717) is 34.3 Å². The third-order valence-corrected chi connectivity index (χ3v) is 7.35. The van der Waals surface area contributed by atoms with Gasteiger partial charge in [-0.2, -0.15) is 0 Å². The molecule has 1 spiro atoms. The van der Waals surface area contributed by atoms with Gasteiger partial charge >= 0.3 is 0 Å². The first kappa shape index (κ1) is 21.1. The van der Waals surface area contributed by atoms with E-state index < -0.39 is 11.5 Å². The summed E-state index contributed by atoms with van der Waals surface area (Å²) in [5.74, 6) is 0.174. The molecule has 5 rings (SSSR count). The van der Waals surface area contributed by atoms with Crippen LogP contribution >= 0.6 is 11.6 Å². The number of nitrogens with one attached hydrogen (secondary N) is 2. The number of hydrogen-bond donors (Lipinski definition) is 2. The first-order chi connectivity index (χ1) is 15.4. The Bertz CT molecular complexity index is 1120. The van der Waals surface area contributed by atoms with Gasteiger partial charge in [-0.25, -0.2) is 0 Å². The van der Waals surface area contributed by atoms with Crippen LogP contribution < -0.4 is 20.1 Å². The highest BCUT2D eigenvalue weighted by Crippen LogP contribution is 2.57. The molecule has 2 amide bonds. The van der Waals surface area contributed by atoms with E-state index in [-0.39, 0.29) is 17.9 Å². The molecule has 32 heavy (non-hydrogen) atoms. The minimum Gasteiger partial charge on any atom is -0.497 e. The van der Waals surface area contributed by atoms with Crippen molar-refractivity contribution in [2.24, 2.45) is 5.92 Å². The molecule has 0 aromatic heterocycles. The first-order valence-corrected chi connectivity index (χ1v) is 11.2. The number of anilines is 2. The molecule has 2 fully saturated rings. The summed E-state index contributed by atoms with van der Waals surface area (Å²) in [6.07, 6.45) is 2.58. The van der Waals surface area contributed by atoms with E-state index in [1.165, 1.54) is 0 Å². The monoisotopic (exact) mass is 455 g/mol. The summed E-state index contributed by atoms with van der Waals surface area (Å²) < 4.78 is 10.7. The molecular weight excluding hydrogens is 430 g/mol. The van der Waals surface area contributed by atoms with Crippen molar-refractivity contribution in [1.82, 2.24) is 4.90 Å². The Balaban J connectivity index is 1.60. The maximum absolute atomic E-state index is 13.8. The highest BCUT2D eigenvalue weighted by Gasteiger charge is 2.65. The molecule has 0 radical (unpaired) electrons. The Morgan fingerprint density at radius 3 is 2.81 bits per heavy atom. The molecular formula is C24H26ClN3O4. The zero-order valence-electron chi connectivity index (χ0n) is 18.3. The molecule has 7 nitrogen and oxygen atoms in total. The fourth-order valence-corrected chi connectivity index (χ4v) is 6.07. The predicted octanol–water partition coefficient (Wildman–Crippen LogP) is 3.94. The maximum Gasteiger partial charge on any atom is 0.250 e. The third kappa shape index (κ3) is 2.91. The highest BCUT2D eigenvalue weighted by atomic mass is 35.5. The van der Waals surface area contributed by atoms with Crippen LogP contribution in [0.25, 0.3) is 0 Å². The number of methoxy groups -OCH3 is 2. The molecule has 3 heterocycles. The number of aryl methyl sites for hydroxylation is 1. The third-order valence-electron chi connectivity index (χ3n) is 7.05. The average molecular weight is 456 g/mol. The number of benzene rings is 2. The van der Waals surface area contributed by atoms with Gasteiger partial charge in [0, 0.05) is 17.7 Å². The molecule has 0 saturated carbocycles. The second-order valence-corrected chi connectivity index (χ2v) is 9.13. The van der Waals surface area contributed by atoms with Gasteiger partial charge in [-0.1, -0.05) is 17.7 Å². The van der Waals surface area contributed by atoms with E-state index in [1.807, 2.05) is 19.1 Å². The zero-order valence-corrected chi connectivity index (χ0v) is 19.1. The van der Waals surface area contributed by atoms with E-state index in [4.69, 9.17) is 21.1 Å². The molecule has 2 aromatic rings. The van der Waals surface area contributed by atoms with Gasteiger partial charge in [0.1, 0.15) is 17.0 Å². The molecule has 3 aliphatic rings. The molecule has 0 unspecified atom stereocenters. The summed E-state index contributed by atoms with van der Waals surface area (Å²) in [5, 5.41) is 6.51. The average Bonchev–Trinajstić information content (AvgIpc) is 3.43.